The summed E-state index contributed by atoms with van der Waals surface area (Å²) in [6.45, 7) is 0. The predicted octanol–water partition coefficient (Wildman–Crippen LogP) is 0.722. The molecule has 1 heterocycles. The first-order chi connectivity index (χ1) is 7.59. The SMILES string of the molecule is O=C([O-])[C@H]1CC(c2c(F)cccc2Cl)=NO1. The highest BCUT2D eigenvalue weighted by Crippen LogP contribution is 2.25. The lowest BCUT2D eigenvalue weighted by molar-refractivity contribution is -0.315. The van der Waals surface area contributed by atoms with E-state index in [1.165, 1.54) is 18.2 Å². The number of oxime groups is 1. The predicted molar refractivity (Wildman–Crippen MR) is 52.4 cm³/mol. The molecule has 1 aromatic carbocycles. The van der Waals surface area contributed by atoms with Crippen molar-refractivity contribution in [3.8, 4) is 0 Å². The molecule has 16 heavy (non-hydrogen) atoms. The maximum Gasteiger partial charge on any atom is 0.172 e. The molecule has 0 saturated heterocycles. The number of carboxylic acids is 1. The Bertz CT molecular complexity index is 455. The molecule has 1 aliphatic heterocycles. The largest absolute Gasteiger partial charge is 0.546 e. The van der Waals surface area contributed by atoms with Crippen LogP contribution < -0.4 is 5.11 Å². The van der Waals surface area contributed by atoms with E-state index in [1.54, 1.807) is 0 Å². The van der Waals surface area contributed by atoms with Crippen LogP contribution in [0, 0.1) is 5.82 Å². The molecule has 0 N–H and O–H groups in total. The molecule has 4 nitrogen and oxygen atoms in total. The first kappa shape index (κ1) is 10.9. The van der Waals surface area contributed by atoms with Gasteiger partial charge in [0.2, 0.25) is 0 Å². The summed E-state index contributed by atoms with van der Waals surface area (Å²) in [5, 5.41) is 14.2. The lowest BCUT2D eigenvalue weighted by Gasteiger charge is -2.08. The highest BCUT2D eigenvalue weighted by Gasteiger charge is 2.26. The highest BCUT2D eigenvalue weighted by molar-refractivity contribution is 6.34. The molecule has 1 atom stereocenters. The average molecular weight is 243 g/mol. The average Bonchev–Trinajstić information content (AvgIpc) is 2.66. The van der Waals surface area contributed by atoms with E-state index >= 15 is 0 Å². The van der Waals surface area contributed by atoms with Crippen molar-refractivity contribution >= 4 is 23.3 Å². The summed E-state index contributed by atoms with van der Waals surface area (Å²) in [7, 11) is 0. The van der Waals surface area contributed by atoms with Crippen molar-refractivity contribution in [1.82, 2.24) is 0 Å². The third-order valence-corrected chi connectivity index (χ3v) is 2.50. The van der Waals surface area contributed by atoms with Crippen molar-refractivity contribution in [3.63, 3.8) is 0 Å². The van der Waals surface area contributed by atoms with Crippen LogP contribution in [0.4, 0.5) is 4.39 Å². The number of halogens is 2. The summed E-state index contributed by atoms with van der Waals surface area (Å²) in [5.74, 6) is -1.94. The van der Waals surface area contributed by atoms with E-state index in [2.05, 4.69) is 9.99 Å². The zero-order valence-electron chi connectivity index (χ0n) is 7.94. The number of nitrogens with zero attached hydrogens (tertiary/aromatic N) is 1. The molecule has 0 bridgehead atoms. The van der Waals surface area contributed by atoms with Gasteiger partial charge in [0.15, 0.2) is 6.10 Å². The molecule has 0 unspecified atom stereocenters. The monoisotopic (exact) mass is 242 g/mol. The van der Waals surface area contributed by atoms with Crippen LogP contribution in [0.5, 0.6) is 0 Å². The summed E-state index contributed by atoms with van der Waals surface area (Å²) < 4.78 is 13.4. The van der Waals surface area contributed by atoms with Crippen molar-refractivity contribution in [3.05, 3.63) is 34.6 Å². The standard InChI is InChI=1S/C10H7ClFNO3/c11-5-2-1-3-6(12)9(5)7-4-8(10(14)15)16-13-7/h1-3,8H,4H2,(H,14,15)/p-1/t8-/m1/s1. The fraction of sp³-hybridized carbons (Fsp3) is 0.200. The molecule has 0 radical (unpaired) electrons. The topological polar surface area (TPSA) is 61.7 Å². The van der Waals surface area contributed by atoms with Gasteiger partial charge in [0, 0.05) is 6.42 Å². The third kappa shape index (κ3) is 1.86. The number of hydrogen-bond donors (Lipinski definition) is 0. The van der Waals surface area contributed by atoms with E-state index in [0.29, 0.717) is 0 Å². The molecule has 0 amide bonds. The Morgan fingerprint density at radius 3 is 2.94 bits per heavy atom. The number of aliphatic carboxylic acids is 1. The Morgan fingerprint density at radius 1 is 1.62 bits per heavy atom. The molecule has 0 saturated carbocycles. The first-order valence-electron chi connectivity index (χ1n) is 4.47. The summed E-state index contributed by atoms with van der Waals surface area (Å²) in [4.78, 5) is 15.1. The van der Waals surface area contributed by atoms with Crippen LogP contribution in [0.2, 0.25) is 5.02 Å². The fourth-order valence-corrected chi connectivity index (χ4v) is 1.70. The second kappa shape index (κ2) is 4.09. The Hall–Kier alpha value is -1.62. The van der Waals surface area contributed by atoms with Crippen LogP contribution >= 0.6 is 11.6 Å². The normalized spacial score (nSPS) is 19.1. The van der Waals surface area contributed by atoms with Gasteiger partial charge in [0.25, 0.3) is 0 Å². The lowest BCUT2D eigenvalue weighted by Crippen LogP contribution is -2.35. The van der Waals surface area contributed by atoms with Crippen LogP contribution in [0.1, 0.15) is 12.0 Å². The second-order valence-electron chi connectivity index (χ2n) is 3.25. The maximum atomic E-state index is 13.4. The Kier molecular flexibility index (Phi) is 2.78. The zero-order valence-corrected chi connectivity index (χ0v) is 8.70. The second-order valence-corrected chi connectivity index (χ2v) is 3.66. The van der Waals surface area contributed by atoms with Gasteiger partial charge in [0.05, 0.1) is 22.3 Å². The molecule has 0 aromatic heterocycles. The number of carboxylic acid groups (broad SMARTS) is 1. The first-order valence-corrected chi connectivity index (χ1v) is 4.85. The van der Waals surface area contributed by atoms with E-state index < -0.39 is 17.9 Å². The summed E-state index contributed by atoms with van der Waals surface area (Å²) in [6, 6.07) is 4.17. The number of hydrogen-bond acceptors (Lipinski definition) is 4. The molecule has 0 spiro atoms. The van der Waals surface area contributed by atoms with Gasteiger partial charge in [-0.05, 0) is 12.1 Å². The van der Waals surface area contributed by atoms with E-state index in [-0.39, 0.29) is 22.7 Å². The van der Waals surface area contributed by atoms with Crippen LogP contribution in [0.15, 0.2) is 23.4 Å². The number of benzene rings is 1. The molecular formula is C10H6ClFNO3-. The third-order valence-electron chi connectivity index (χ3n) is 2.18. The lowest BCUT2D eigenvalue weighted by atomic mass is 10.0. The zero-order chi connectivity index (χ0) is 11.7. The van der Waals surface area contributed by atoms with E-state index in [1.807, 2.05) is 0 Å². The molecule has 0 fully saturated rings. The van der Waals surface area contributed by atoms with Gasteiger partial charge in [-0.1, -0.05) is 22.8 Å². The number of rotatable bonds is 2. The van der Waals surface area contributed by atoms with Crippen molar-refractivity contribution in [2.24, 2.45) is 5.16 Å². The van der Waals surface area contributed by atoms with Gasteiger partial charge in [-0.2, -0.15) is 0 Å². The fourth-order valence-electron chi connectivity index (χ4n) is 1.42. The molecule has 2 rings (SSSR count). The minimum Gasteiger partial charge on any atom is -0.546 e. The smallest absolute Gasteiger partial charge is 0.172 e. The molecule has 1 aromatic rings. The van der Waals surface area contributed by atoms with Crippen molar-refractivity contribution in [1.29, 1.82) is 0 Å². The maximum absolute atomic E-state index is 13.4. The molecule has 6 heteroatoms. The Labute approximate surface area is 95.3 Å². The van der Waals surface area contributed by atoms with Crippen LogP contribution in [0.25, 0.3) is 0 Å². The summed E-state index contributed by atoms with van der Waals surface area (Å²) in [5.41, 5.74) is 0.255. The van der Waals surface area contributed by atoms with Crippen molar-refractivity contribution < 1.29 is 19.1 Å². The Balaban J connectivity index is 2.31. The molecule has 84 valence electrons. The summed E-state index contributed by atoms with van der Waals surface area (Å²) in [6.07, 6.45) is -1.23. The van der Waals surface area contributed by atoms with Gasteiger partial charge < -0.3 is 14.7 Å². The molecular weight excluding hydrogens is 237 g/mol. The minimum atomic E-state index is -1.38. The van der Waals surface area contributed by atoms with Crippen molar-refractivity contribution in [2.75, 3.05) is 0 Å². The van der Waals surface area contributed by atoms with Crippen LogP contribution in [0.3, 0.4) is 0 Å². The van der Waals surface area contributed by atoms with E-state index in [4.69, 9.17) is 11.6 Å². The van der Waals surface area contributed by atoms with Gasteiger partial charge in [-0.15, -0.1) is 0 Å². The number of carbonyl (C=O) groups excluding carboxylic acids is 1. The molecule has 0 aliphatic carbocycles. The van der Waals surface area contributed by atoms with Crippen LogP contribution in [-0.2, 0) is 9.63 Å². The van der Waals surface area contributed by atoms with Gasteiger partial charge >= 0.3 is 0 Å². The Morgan fingerprint density at radius 2 is 2.38 bits per heavy atom. The van der Waals surface area contributed by atoms with Crippen molar-refractivity contribution in [2.45, 2.75) is 12.5 Å². The van der Waals surface area contributed by atoms with Gasteiger partial charge in [-0.25, -0.2) is 4.39 Å². The van der Waals surface area contributed by atoms with Crippen LogP contribution in [-0.4, -0.2) is 17.8 Å². The highest BCUT2D eigenvalue weighted by atomic mass is 35.5. The summed E-state index contributed by atoms with van der Waals surface area (Å²) >= 11 is 5.80. The quantitative estimate of drug-likeness (QED) is 0.768. The number of carbonyl (C=O) groups is 1. The van der Waals surface area contributed by atoms with Gasteiger partial charge in [0.1, 0.15) is 5.82 Å². The van der Waals surface area contributed by atoms with E-state index in [0.717, 1.165) is 0 Å². The van der Waals surface area contributed by atoms with Gasteiger partial charge in [-0.3, -0.25) is 0 Å². The van der Waals surface area contributed by atoms with E-state index in [9.17, 15) is 14.3 Å². The molecule has 1 aliphatic rings. The minimum absolute atomic E-state index is 0.0526.